The maximum absolute atomic E-state index is 10.8. The van der Waals surface area contributed by atoms with E-state index in [0.717, 1.165) is 12.8 Å². The third-order valence-electron chi connectivity index (χ3n) is 1.46. The summed E-state index contributed by atoms with van der Waals surface area (Å²) in [6.07, 6.45) is 7.21. The van der Waals surface area contributed by atoms with E-state index < -0.39 is 11.8 Å². The van der Waals surface area contributed by atoms with Crippen molar-refractivity contribution in [2.24, 2.45) is 0 Å². The van der Waals surface area contributed by atoms with E-state index in [1.807, 2.05) is 6.08 Å². The summed E-state index contributed by atoms with van der Waals surface area (Å²) >= 11 is 0. The fourth-order valence-electron chi connectivity index (χ4n) is 0.844. The SMILES string of the molecule is CC(=O)C(=O)OC1=CCCC=C1. The number of ketones is 1. The van der Waals surface area contributed by atoms with Crippen LogP contribution >= 0.6 is 0 Å². The van der Waals surface area contributed by atoms with Crippen LogP contribution in [-0.2, 0) is 14.3 Å². The molecule has 0 bridgehead atoms. The summed E-state index contributed by atoms with van der Waals surface area (Å²) in [5, 5.41) is 0. The number of carbonyl (C=O) groups is 2. The third-order valence-corrected chi connectivity index (χ3v) is 1.46. The number of Topliss-reactive ketones (excluding diaryl/α,β-unsaturated/α-hetero) is 1. The lowest BCUT2D eigenvalue weighted by molar-refractivity contribution is -0.149. The van der Waals surface area contributed by atoms with Gasteiger partial charge in [0, 0.05) is 6.92 Å². The molecule has 0 aromatic rings. The van der Waals surface area contributed by atoms with Gasteiger partial charge in [-0.1, -0.05) is 6.08 Å². The van der Waals surface area contributed by atoms with E-state index in [1.54, 1.807) is 12.2 Å². The van der Waals surface area contributed by atoms with Crippen LogP contribution < -0.4 is 0 Å². The second-order valence-corrected chi connectivity index (χ2v) is 2.53. The first-order valence-electron chi connectivity index (χ1n) is 3.79. The Bertz CT molecular complexity index is 261. The third kappa shape index (κ3) is 2.34. The van der Waals surface area contributed by atoms with Crippen LogP contribution in [0.1, 0.15) is 19.8 Å². The van der Waals surface area contributed by atoms with Crippen LogP contribution in [-0.4, -0.2) is 11.8 Å². The van der Waals surface area contributed by atoms with Gasteiger partial charge >= 0.3 is 5.97 Å². The maximum atomic E-state index is 10.8. The van der Waals surface area contributed by atoms with Gasteiger partial charge < -0.3 is 4.74 Å². The molecule has 0 amide bonds. The lowest BCUT2D eigenvalue weighted by Crippen LogP contribution is -2.13. The Balaban J connectivity index is 2.51. The molecule has 0 spiro atoms. The van der Waals surface area contributed by atoms with Crippen molar-refractivity contribution in [3.8, 4) is 0 Å². The van der Waals surface area contributed by atoms with Crippen LogP contribution in [0, 0.1) is 0 Å². The van der Waals surface area contributed by atoms with Gasteiger partial charge in [-0.05, 0) is 25.0 Å². The normalized spacial score (nSPS) is 15.2. The average Bonchev–Trinajstić information content (AvgIpc) is 2.06. The highest BCUT2D eigenvalue weighted by Gasteiger charge is 2.10. The van der Waals surface area contributed by atoms with E-state index in [4.69, 9.17) is 4.74 Å². The second kappa shape index (κ2) is 3.85. The van der Waals surface area contributed by atoms with Gasteiger partial charge in [0.2, 0.25) is 5.78 Å². The Labute approximate surface area is 70.7 Å². The second-order valence-electron chi connectivity index (χ2n) is 2.53. The summed E-state index contributed by atoms with van der Waals surface area (Å²) in [5.74, 6) is -0.899. The summed E-state index contributed by atoms with van der Waals surface area (Å²) in [7, 11) is 0. The van der Waals surface area contributed by atoms with Crippen molar-refractivity contribution in [2.75, 3.05) is 0 Å². The Kier molecular flexibility index (Phi) is 2.80. The monoisotopic (exact) mass is 166 g/mol. The van der Waals surface area contributed by atoms with Gasteiger partial charge in [-0.3, -0.25) is 4.79 Å². The van der Waals surface area contributed by atoms with Crippen molar-refractivity contribution < 1.29 is 14.3 Å². The van der Waals surface area contributed by atoms with Crippen LogP contribution in [0.3, 0.4) is 0 Å². The van der Waals surface area contributed by atoms with Crippen molar-refractivity contribution in [3.63, 3.8) is 0 Å². The van der Waals surface area contributed by atoms with E-state index in [9.17, 15) is 9.59 Å². The maximum Gasteiger partial charge on any atom is 0.379 e. The molecule has 0 aromatic carbocycles. The first-order valence-corrected chi connectivity index (χ1v) is 3.79. The van der Waals surface area contributed by atoms with Crippen LogP contribution in [0.25, 0.3) is 0 Å². The van der Waals surface area contributed by atoms with E-state index in [-0.39, 0.29) is 0 Å². The highest BCUT2D eigenvalue weighted by molar-refractivity contribution is 6.32. The summed E-state index contributed by atoms with van der Waals surface area (Å²) < 4.78 is 4.74. The van der Waals surface area contributed by atoms with Crippen LogP contribution in [0.4, 0.5) is 0 Å². The smallest absolute Gasteiger partial charge is 0.379 e. The van der Waals surface area contributed by atoms with E-state index in [1.165, 1.54) is 6.92 Å². The molecule has 1 rings (SSSR count). The van der Waals surface area contributed by atoms with Gasteiger partial charge in [0.1, 0.15) is 5.76 Å². The molecule has 1 aliphatic rings. The van der Waals surface area contributed by atoms with Gasteiger partial charge in [-0.2, -0.15) is 0 Å². The lowest BCUT2D eigenvalue weighted by atomic mass is 10.2. The molecule has 0 saturated heterocycles. The molecule has 0 saturated carbocycles. The molecule has 0 N–H and O–H groups in total. The highest BCUT2D eigenvalue weighted by Crippen LogP contribution is 2.10. The average molecular weight is 166 g/mol. The molecular formula is C9H10O3. The largest absolute Gasteiger partial charge is 0.421 e. The van der Waals surface area contributed by atoms with Gasteiger partial charge in [-0.25, -0.2) is 4.79 Å². The molecule has 0 fully saturated rings. The number of esters is 1. The number of carbonyl (C=O) groups excluding carboxylic acids is 2. The van der Waals surface area contributed by atoms with Crippen LogP contribution in [0.15, 0.2) is 24.0 Å². The zero-order valence-electron chi connectivity index (χ0n) is 6.87. The fourth-order valence-corrected chi connectivity index (χ4v) is 0.844. The van der Waals surface area contributed by atoms with Crippen molar-refractivity contribution in [3.05, 3.63) is 24.0 Å². The van der Waals surface area contributed by atoms with Crippen LogP contribution in [0.5, 0.6) is 0 Å². The summed E-state index contributed by atoms with van der Waals surface area (Å²) in [4.78, 5) is 21.3. The van der Waals surface area contributed by atoms with Crippen molar-refractivity contribution in [1.82, 2.24) is 0 Å². The topological polar surface area (TPSA) is 43.4 Å². The molecule has 0 atom stereocenters. The standard InChI is InChI=1S/C9H10O3/c1-7(10)9(11)12-8-5-3-2-4-6-8/h3,5-6H,2,4H2,1H3. The Morgan fingerprint density at radius 3 is 2.67 bits per heavy atom. The minimum atomic E-state index is -0.798. The van der Waals surface area contributed by atoms with Crippen molar-refractivity contribution >= 4 is 11.8 Å². The number of allylic oxidation sites excluding steroid dienone is 3. The molecule has 12 heavy (non-hydrogen) atoms. The predicted molar refractivity (Wildman–Crippen MR) is 43.2 cm³/mol. The Hall–Kier alpha value is -1.38. The molecule has 3 nitrogen and oxygen atoms in total. The molecule has 0 aromatic heterocycles. The molecular weight excluding hydrogens is 156 g/mol. The Morgan fingerprint density at radius 1 is 1.42 bits per heavy atom. The molecule has 3 heteroatoms. The first kappa shape index (κ1) is 8.71. The molecule has 0 aliphatic heterocycles. The van der Waals surface area contributed by atoms with Crippen LogP contribution in [0.2, 0.25) is 0 Å². The lowest BCUT2D eigenvalue weighted by Gasteiger charge is -2.05. The summed E-state index contributed by atoms with van der Waals surface area (Å²) in [6, 6.07) is 0. The van der Waals surface area contributed by atoms with E-state index in [2.05, 4.69) is 0 Å². The number of ether oxygens (including phenoxy) is 1. The predicted octanol–water partition coefficient (Wildman–Crippen LogP) is 1.35. The van der Waals surface area contributed by atoms with Gasteiger partial charge in [0.25, 0.3) is 0 Å². The zero-order valence-corrected chi connectivity index (χ0v) is 6.87. The fraction of sp³-hybridized carbons (Fsp3) is 0.333. The number of rotatable bonds is 2. The highest BCUT2D eigenvalue weighted by atomic mass is 16.5. The summed E-state index contributed by atoms with van der Waals surface area (Å²) in [5.41, 5.74) is 0. The van der Waals surface area contributed by atoms with Gasteiger partial charge in [-0.15, -0.1) is 0 Å². The number of hydrogen-bond acceptors (Lipinski definition) is 3. The summed E-state index contributed by atoms with van der Waals surface area (Å²) in [6.45, 7) is 1.19. The molecule has 0 unspecified atom stereocenters. The Morgan fingerprint density at radius 2 is 2.17 bits per heavy atom. The van der Waals surface area contributed by atoms with Crippen molar-refractivity contribution in [2.45, 2.75) is 19.8 Å². The minimum absolute atomic E-state index is 0.474. The van der Waals surface area contributed by atoms with E-state index >= 15 is 0 Å². The zero-order chi connectivity index (χ0) is 8.97. The molecule has 64 valence electrons. The first-order chi connectivity index (χ1) is 5.70. The molecule has 1 aliphatic carbocycles. The molecule has 0 heterocycles. The quantitative estimate of drug-likeness (QED) is 0.459. The minimum Gasteiger partial charge on any atom is -0.421 e. The number of hydrogen-bond donors (Lipinski definition) is 0. The van der Waals surface area contributed by atoms with Gasteiger partial charge in [0.15, 0.2) is 0 Å². The van der Waals surface area contributed by atoms with Crippen molar-refractivity contribution in [1.29, 1.82) is 0 Å². The van der Waals surface area contributed by atoms with Gasteiger partial charge in [0.05, 0.1) is 0 Å². The van der Waals surface area contributed by atoms with E-state index in [0.29, 0.717) is 5.76 Å². The molecule has 0 radical (unpaired) electrons.